The molecule has 2 N–H and O–H groups in total. The van der Waals surface area contributed by atoms with Crippen molar-refractivity contribution in [2.75, 3.05) is 31.1 Å². The van der Waals surface area contributed by atoms with E-state index in [1.54, 1.807) is 0 Å². The molecule has 0 aliphatic carbocycles. The molecule has 0 spiro atoms. The summed E-state index contributed by atoms with van der Waals surface area (Å²) in [5.41, 5.74) is 4.63. The van der Waals surface area contributed by atoms with Crippen molar-refractivity contribution in [1.29, 1.82) is 0 Å². The van der Waals surface area contributed by atoms with E-state index in [9.17, 15) is 0 Å². The molecule has 6 nitrogen and oxygen atoms in total. The van der Waals surface area contributed by atoms with Crippen molar-refractivity contribution in [3.8, 4) is 0 Å². The van der Waals surface area contributed by atoms with Crippen molar-refractivity contribution < 1.29 is 0 Å². The molecule has 0 bridgehead atoms. The van der Waals surface area contributed by atoms with E-state index in [4.69, 9.17) is 9.98 Å². The first-order chi connectivity index (χ1) is 14.7. The zero-order chi connectivity index (χ0) is 20.8. The minimum atomic E-state index is 0.459. The molecule has 4 rings (SSSR count). The fourth-order valence-corrected chi connectivity index (χ4v) is 4.04. The summed E-state index contributed by atoms with van der Waals surface area (Å²) in [7, 11) is 0. The number of guanidine groups is 1. The van der Waals surface area contributed by atoms with Gasteiger partial charge in [-0.3, -0.25) is 4.99 Å². The Labute approximate surface area is 179 Å². The van der Waals surface area contributed by atoms with Crippen LogP contribution in [0.5, 0.6) is 0 Å². The molecule has 3 aromatic rings. The summed E-state index contributed by atoms with van der Waals surface area (Å²) in [5.74, 6) is 0.913. The largest absolute Gasteiger partial charge is 0.371 e. The average molecular weight is 405 g/mol. The third-order valence-corrected chi connectivity index (χ3v) is 5.67. The maximum absolute atomic E-state index is 4.80. The molecule has 0 unspecified atom stereocenters. The molecular formula is C24H32N6. The molecule has 158 valence electrons. The van der Waals surface area contributed by atoms with Crippen LogP contribution in [0, 0.1) is 6.92 Å². The van der Waals surface area contributed by atoms with Crippen LogP contribution in [0.1, 0.15) is 31.0 Å². The molecule has 0 radical (unpaired) electrons. The number of aryl methyl sites for hydroxylation is 1. The molecule has 6 heteroatoms. The lowest BCUT2D eigenvalue weighted by Gasteiger charge is -2.34. The Morgan fingerprint density at radius 3 is 2.67 bits per heavy atom. The van der Waals surface area contributed by atoms with Crippen LogP contribution in [0.2, 0.25) is 0 Å². The average Bonchev–Trinajstić information content (AvgIpc) is 3.19. The van der Waals surface area contributed by atoms with Crippen LogP contribution >= 0.6 is 0 Å². The van der Waals surface area contributed by atoms with Gasteiger partial charge in [0.05, 0.1) is 5.69 Å². The van der Waals surface area contributed by atoms with Crippen LogP contribution in [-0.4, -0.2) is 47.6 Å². The Bertz CT molecular complexity index is 970. The Morgan fingerprint density at radius 2 is 1.93 bits per heavy atom. The summed E-state index contributed by atoms with van der Waals surface area (Å²) in [6.45, 7) is 7.94. The summed E-state index contributed by atoms with van der Waals surface area (Å²) in [5, 5.41) is 7.03. The van der Waals surface area contributed by atoms with E-state index in [0.29, 0.717) is 6.04 Å². The van der Waals surface area contributed by atoms with Gasteiger partial charge in [-0.05, 0) is 50.5 Å². The van der Waals surface area contributed by atoms with Gasteiger partial charge in [0.2, 0.25) is 0 Å². The number of anilines is 1. The molecule has 0 saturated carbocycles. The number of nitrogens with one attached hydrogen (secondary N) is 2. The van der Waals surface area contributed by atoms with Gasteiger partial charge in [0.25, 0.3) is 0 Å². The number of para-hydroxylation sites is 1. The van der Waals surface area contributed by atoms with Crippen molar-refractivity contribution in [1.82, 2.24) is 20.0 Å². The van der Waals surface area contributed by atoms with Crippen LogP contribution in [0.4, 0.5) is 5.69 Å². The van der Waals surface area contributed by atoms with E-state index in [0.717, 1.165) is 62.7 Å². The Kier molecular flexibility index (Phi) is 6.52. The molecule has 3 heterocycles. The second-order valence-electron chi connectivity index (χ2n) is 7.91. The third kappa shape index (κ3) is 4.93. The molecule has 30 heavy (non-hydrogen) atoms. The normalized spacial score (nSPS) is 15.5. The predicted octanol–water partition coefficient (Wildman–Crippen LogP) is 3.41. The number of imidazole rings is 1. The molecule has 1 aromatic carbocycles. The van der Waals surface area contributed by atoms with E-state index >= 15 is 0 Å². The Hall–Kier alpha value is -3.02. The van der Waals surface area contributed by atoms with E-state index < -0.39 is 0 Å². The lowest BCUT2D eigenvalue weighted by molar-refractivity contribution is 0.461. The fraction of sp³-hybridized carbons (Fsp3) is 0.417. The highest BCUT2D eigenvalue weighted by Gasteiger charge is 2.20. The Morgan fingerprint density at radius 1 is 1.13 bits per heavy atom. The molecule has 1 saturated heterocycles. The van der Waals surface area contributed by atoms with Gasteiger partial charge in [0.15, 0.2) is 5.96 Å². The van der Waals surface area contributed by atoms with Crippen LogP contribution in [-0.2, 0) is 6.42 Å². The van der Waals surface area contributed by atoms with Crippen molar-refractivity contribution in [3.05, 3.63) is 66.1 Å². The first-order valence-electron chi connectivity index (χ1n) is 11.0. The fourth-order valence-electron chi connectivity index (χ4n) is 4.04. The van der Waals surface area contributed by atoms with Crippen molar-refractivity contribution in [2.45, 2.75) is 39.2 Å². The number of nitrogens with zero attached hydrogens (tertiary/aromatic N) is 4. The van der Waals surface area contributed by atoms with Crippen LogP contribution < -0.4 is 15.5 Å². The van der Waals surface area contributed by atoms with E-state index in [2.05, 4.69) is 88.6 Å². The number of aromatic nitrogens is 2. The SMILES string of the molecule is CCNC(=NCCc1cn2cccc(C)c2n1)NC1CCN(c2ccccc2)CC1. The van der Waals surface area contributed by atoms with Gasteiger partial charge in [0, 0.05) is 56.7 Å². The zero-order valence-corrected chi connectivity index (χ0v) is 18.0. The molecule has 2 aromatic heterocycles. The number of hydrogen-bond donors (Lipinski definition) is 2. The summed E-state index contributed by atoms with van der Waals surface area (Å²) < 4.78 is 2.10. The quantitative estimate of drug-likeness (QED) is 0.488. The predicted molar refractivity (Wildman–Crippen MR) is 124 cm³/mol. The number of hydrogen-bond acceptors (Lipinski definition) is 3. The summed E-state index contributed by atoms with van der Waals surface area (Å²) >= 11 is 0. The minimum absolute atomic E-state index is 0.459. The number of piperidine rings is 1. The van der Waals surface area contributed by atoms with Crippen LogP contribution in [0.25, 0.3) is 5.65 Å². The summed E-state index contributed by atoms with van der Waals surface area (Å²) in [6, 6.07) is 15.3. The van der Waals surface area contributed by atoms with Gasteiger partial charge in [-0.15, -0.1) is 0 Å². The first kappa shape index (κ1) is 20.3. The van der Waals surface area contributed by atoms with Crippen molar-refractivity contribution in [2.24, 2.45) is 4.99 Å². The van der Waals surface area contributed by atoms with Crippen molar-refractivity contribution >= 4 is 17.3 Å². The lowest BCUT2D eigenvalue weighted by atomic mass is 10.0. The number of pyridine rings is 1. The number of benzene rings is 1. The smallest absolute Gasteiger partial charge is 0.191 e. The third-order valence-electron chi connectivity index (χ3n) is 5.67. The molecule has 0 amide bonds. The first-order valence-corrected chi connectivity index (χ1v) is 11.0. The van der Waals surface area contributed by atoms with E-state index in [-0.39, 0.29) is 0 Å². The topological polar surface area (TPSA) is 57.0 Å². The highest BCUT2D eigenvalue weighted by Crippen LogP contribution is 2.19. The summed E-state index contributed by atoms with van der Waals surface area (Å²) in [6.07, 6.45) is 7.23. The van der Waals surface area contributed by atoms with Gasteiger partial charge in [-0.2, -0.15) is 0 Å². The monoisotopic (exact) mass is 404 g/mol. The molecule has 1 aliphatic rings. The second-order valence-corrected chi connectivity index (χ2v) is 7.91. The number of aliphatic imine (C=N–C) groups is 1. The van der Waals surface area contributed by atoms with E-state index in [1.807, 2.05) is 0 Å². The van der Waals surface area contributed by atoms with Gasteiger partial charge in [0.1, 0.15) is 5.65 Å². The highest BCUT2D eigenvalue weighted by molar-refractivity contribution is 5.80. The maximum atomic E-state index is 4.80. The standard InChI is InChI=1S/C24H32N6/c1-3-25-24(26-14-11-21-18-30-15-7-8-19(2)23(30)27-21)28-20-12-16-29(17-13-20)22-9-5-4-6-10-22/h4-10,15,18,20H,3,11-14,16-17H2,1-2H3,(H2,25,26,28). The molecule has 0 atom stereocenters. The van der Waals surface area contributed by atoms with Crippen LogP contribution in [0.15, 0.2) is 59.9 Å². The van der Waals surface area contributed by atoms with E-state index in [1.165, 1.54) is 11.3 Å². The van der Waals surface area contributed by atoms with Gasteiger partial charge in [-0.1, -0.05) is 24.3 Å². The van der Waals surface area contributed by atoms with Crippen LogP contribution in [0.3, 0.4) is 0 Å². The summed E-state index contributed by atoms with van der Waals surface area (Å²) in [4.78, 5) is 12.0. The number of fused-ring (bicyclic) bond motifs is 1. The lowest BCUT2D eigenvalue weighted by Crippen LogP contribution is -2.48. The molecule has 1 aliphatic heterocycles. The van der Waals surface area contributed by atoms with Crippen molar-refractivity contribution in [3.63, 3.8) is 0 Å². The second kappa shape index (κ2) is 9.65. The minimum Gasteiger partial charge on any atom is -0.371 e. The highest BCUT2D eigenvalue weighted by atomic mass is 15.2. The Balaban J connectivity index is 1.31. The maximum Gasteiger partial charge on any atom is 0.191 e. The van der Waals surface area contributed by atoms with Gasteiger partial charge >= 0.3 is 0 Å². The molecular weight excluding hydrogens is 372 g/mol. The van der Waals surface area contributed by atoms with Gasteiger partial charge < -0.3 is 19.9 Å². The van der Waals surface area contributed by atoms with Gasteiger partial charge in [-0.25, -0.2) is 4.98 Å². The zero-order valence-electron chi connectivity index (χ0n) is 18.0. The number of rotatable bonds is 6. The molecule has 1 fully saturated rings.